The van der Waals surface area contributed by atoms with Crippen LogP contribution in [0.3, 0.4) is 0 Å². The molecule has 2 rings (SSSR count). The third-order valence-corrected chi connectivity index (χ3v) is 3.18. The van der Waals surface area contributed by atoms with Crippen molar-refractivity contribution in [3.05, 3.63) is 35.9 Å². The number of ether oxygens (including phenoxy) is 2. The standard InChI is InChI=1S/C15H15ClO3/c1-18-14-8-10-3-4-11(13(17)5-6-16)7-12(10)9-15(14)19-2/h3-4,7-9H,5-6H2,1-2H3. The Labute approximate surface area is 117 Å². The maximum Gasteiger partial charge on any atom is 0.164 e. The van der Waals surface area contributed by atoms with Crippen molar-refractivity contribution in [3.63, 3.8) is 0 Å². The maximum absolute atomic E-state index is 11.8. The molecule has 0 amide bonds. The highest BCUT2D eigenvalue weighted by Crippen LogP contribution is 2.32. The van der Waals surface area contributed by atoms with E-state index in [-0.39, 0.29) is 5.78 Å². The van der Waals surface area contributed by atoms with Crippen molar-refractivity contribution in [1.82, 2.24) is 0 Å². The summed E-state index contributed by atoms with van der Waals surface area (Å²) in [6.45, 7) is 0. The highest BCUT2D eigenvalue weighted by atomic mass is 35.5. The molecule has 2 aromatic carbocycles. The Bertz CT molecular complexity index is 608. The molecule has 0 atom stereocenters. The second-order valence-corrected chi connectivity index (χ2v) is 4.51. The first-order chi connectivity index (χ1) is 9.19. The van der Waals surface area contributed by atoms with Crippen LogP contribution in [0, 0.1) is 0 Å². The number of halogens is 1. The van der Waals surface area contributed by atoms with Crippen LogP contribution in [0.4, 0.5) is 0 Å². The second-order valence-electron chi connectivity index (χ2n) is 4.13. The number of alkyl halides is 1. The molecule has 0 saturated carbocycles. The fourth-order valence-electron chi connectivity index (χ4n) is 1.98. The second kappa shape index (κ2) is 5.93. The lowest BCUT2D eigenvalue weighted by molar-refractivity contribution is 0.0989. The first-order valence-electron chi connectivity index (χ1n) is 5.94. The first kappa shape index (κ1) is 13.7. The largest absolute Gasteiger partial charge is 0.493 e. The highest BCUT2D eigenvalue weighted by Gasteiger charge is 2.09. The molecule has 19 heavy (non-hydrogen) atoms. The minimum atomic E-state index is 0.0479. The fraction of sp³-hybridized carbons (Fsp3) is 0.267. The Morgan fingerprint density at radius 2 is 1.68 bits per heavy atom. The van der Waals surface area contributed by atoms with E-state index in [4.69, 9.17) is 21.1 Å². The summed E-state index contributed by atoms with van der Waals surface area (Å²) in [6, 6.07) is 9.32. The van der Waals surface area contributed by atoms with Gasteiger partial charge in [0.25, 0.3) is 0 Å². The lowest BCUT2D eigenvalue weighted by atomic mass is 10.0. The Morgan fingerprint density at radius 3 is 2.26 bits per heavy atom. The number of hydrogen-bond acceptors (Lipinski definition) is 3. The van der Waals surface area contributed by atoms with Crippen molar-refractivity contribution in [2.75, 3.05) is 20.1 Å². The van der Waals surface area contributed by atoms with E-state index >= 15 is 0 Å². The van der Waals surface area contributed by atoms with E-state index in [1.54, 1.807) is 14.2 Å². The molecule has 0 aromatic heterocycles. The molecule has 0 unspecified atom stereocenters. The van der Waals surface area contributed by atoms with Gasteiger partial charge >= 0.3 is 0 Å². The molecule has 0 spiro atoms. The molecule has 0 heterocycles. The van der Waals surface area contributed by atoms with Gasteiger partial charge in [0.2, 0.25) is 0 Å². The zero-order chi connectivity index (χ0) is 13.8. The van der Waals surface area contributed by atoms with Gasteiger partial charge in [0, 0.05) is 17.9 Å². The summed E-state index contributed by atoms with van der Waals surface area (Å²) < 4.78 is 10.5. The Morgan fingerprint density at radius 1 is 1.05 bits per heavy atom. The number of fused-ring (bicyclic) bond motifs is 1. The van der Waals surface area contributed by atoms with Gasteiger partial charge in [0.15, 0.2) is 17.3 Å². The average Bonchev–Trinajstić information content (AvgIpc) is 2.45. The number of benzene rings is 2. The molecule has 2 aromatic rings. The van der Waals surface area contributed by atoms with E-state index < -0.39 is 0 Å². The molecule has 0 aliphatic heterocycles. The van der Waals surface area contributed by atoms with Gasteiger partial charge in [-0.2, -0.15) is 0 Å². The van der Waals surface area contributed by atoms with Crippen LogP contribution >= 0.6 is 11.6 Å². The summed E-state index contributed by atoms with van der Waals surface area (Å²) in [4.78, 5) is 11.8. The summed E-state index contributed by atoms with van der Waals surface area (Å²) in [5.74, 6) is 1.71. The van der Waals surface area contributed by atoms with E-state index in [0.29, 0.717) is 29.4 Å². The van der Waals surface area contributed by atoms with Gasteiger partial charge in [-0.3, -0.25) is 4.79 Å². The zero-order valence-corrected chi connectivity index (χ0v) is 11.7. The van der Waals surface area contributed by atoms with Crippen LogP contribution in [0.5, 0.6) is 11.5 Å². The van der Waals surface area contributed by atoms with Gasteiger partial charge in [0.05, 0.1) is 14.2 Å². The summed E-state index contributed by atoms with van der Waals surface area (Å²) in [6.07, 6.45) is 0.348. The smallest absolute Gasteiger partial charge is 0.164 e. The van der Waals surface area contributed by atoms with Crippen LogP contribution in [0.25, 0.3) is 10.8 Å². The Kier molecular flexibility index (Phi) is 4.27. The molecule has 0 radical (unpaired) electrons. The van der Waals surface area contributed by atoms with Crippen molar-refractivity contribution >= 4 is 28.2 Å². The number of hydrogen-bond donors (Lipinski definition) is 0. The van der Waals surface area contributed by atoms with Crippen LogP contribution < -0.4 is 9.47 Å². The topological polar surface area (TPSA) is 35.5 Å². The van der Waals surface area contributed by atoms with Crippen LogP contribution in [0.1, 0.15) is 16.8 Å². The zero-order valence-electron chi connectivity index (χ0n) is 10.9. The molecule has 0 aliphatic rings. The molecular weight excluding hydrogens is 264 g/mol. The van der Waals surface area contributed by atoms with Crippen molar-refractivity contribution < 1.29 is 14.3 Å². The lowest BCUT2D eigenvalue weighted by Gasteiger charge is -2.10. The van der Waals surface area contributed by atoms with Gasteiger partial charge in [-0.1, -0.05) is 12.1 Å². The molecule has 3 nitrogen and oxygen atoms in total. The average molecular weight is 279 g/mol. The van der Waals surface area contributed by atoms with E-state index in [2.05, 4.69) is 0 Å². The normalized spacial score (nSPS) is 10.5. The summed E-state index contributed by atoms with van der Waals surface area (Å²) in [5.41, 5.74) is 0.667. The fourth-order valence-corrected chi connectivity index (χ4v) is 2.15. The van der Waals surface area contributed by atoms with E-state index in [0.717, 1.165) is 10.8 Å². The third kappa shape index (κ3) is 2.82. The molecular formula is C15H15ClO3. The highest BCUT2D eigenvalue weighted by molar-refractivity contribution is 6.19. The summed E-state index contributed by atoms with van der Waals surface area (Å²) >= 11 is 5.59. The van der Waals surface area contributed by atoms with E-state index in [1.165, 1.54) is 0 Å². The predicted molar refractivity (Wildman–Crippen MR) is 76.7 cm³/mol. The van der Waals surface area contributed by atoms with Crippen molar-refractivity contribution in [2.45, 2.75) is 6.42 Å². The molecule has 4 heteroatoms. The minimum Gasteiger partial charge on any atom is -0.493 e. The van der Waals surface area contributed by atoms with Crippen molar-refractivity contribution in [3.8, 4) is 11.5 Å². The minimum absolute atomic E-state index is 0.0479. The number of methoxy groups -OCH3 is 2. The molecule has 0 aliphatic carbocycles. The van der Waals surface area contributed by atoms with Gasteiger partial charge < -0.3 is 9.47 Å². The first-order valence-corrected chi connectivity index (χ1v) is 6.48. The molecule has 0 fully saturated rings. The third-order valence-electron chi connectivity index (χ3n) is 2.99. The SMILES string of the molecule is COc1cc2ccc(C(=O)CCCl)cc2cc1OC. The number of Topliss-reactive ketones (excluding diaryl/α,β-unsaturated/α-hetero) is 1. The number of carbonyl (C=O) groups is 1. The van der Waals surface area contributed by atoms with Gasteiger partial charge in [-0.15, -0.1) is 11.6 Å². The van der Waals surface area contributed by atoms with Crippen LogP contribution in [-0.4, -0.2) is 25.9 Å². The summed E-state index contributed by atoms with van der Waals surface area (Å²) in [7, 11) is 3.19. The van der Waals surface area contributed by atoms with Crippen LogP contribution in [-0.2, 0) is 0 Å². The van der Waals surface area contributed by atoms with E-state index in [9.17, 15) is 4.79 Å². The Hall–Kier alpha value is -1.74. The maximum atomic E-state index is 11.8. The van der Waals surface area contributed by atoms with E-state index in [1.807, 2.05) is 30.3 Å². The van der Waals surface area contributed by atoms with Crippen LogP contribution in [0.2, 0.25) is 0 Å². The Balaban J connectivity index is 2.50. The molecule has 100 valence electrons. The van der Waals surface area contributed by atoms with Crippen LogP contribution in [0.15, 0.2) is 30.3 Å². The molecule has 0 N–H and O–H groups in total. The number of carbonyl (C=O) groups excluding carboxylic acids is 1. The molecule has 0 saturated heterocycles. The monoisotopic (exact) mass is 278 g/mol. The quantitative estimate of drug-likeness (QED) is 0.618. The van der Waals surface area contributed by atoms with Gasteiger partial charge in [-0.05, 0) is 29.0 Å². The summed E-state index contributed by atoms with van der Waals surface area (Å²) in [5, 5.41) is 1.94. The number of ketones is 1. The number of rotatable bonds is 5. The van der Waals surface area contributed by atoms with Gasteiger partial charge in [-0.25, -0.2) is 0 Å². The lowest BCUT2D eigenvalue weighted by Crippen LogP contribution is -1.99. The van der Waals surface area contributed by atoms with Gasteiger partial charge in [0.1, 0.15) is 0 Å². The molecule has 0 bridgehead atoms. The van der Waals surface area contributed by atoms with Crippen molar-refractivity contribution in [1.29, 1.82) is 0 Å². The van der Waals surface area contributed by atoms with Crippen molar-refractivity contribution in [2.24, 2.45) is 0 Å². The predicted octanol–water partition coefficient (Wildman–Crippen LogP) is 3.67.